The van der Waals surface area contributed by atoms with E-state index in [0.29, 0.717) is 5.92 Å². The van der Waals surface area contributed by atoms with E-state index < -0.39 is 11.9 Å². The molecule has 4 rings (SSSR count). The molecule has 0 aromatic carbocycles. The van der Waals surface area contributed by atoms with Gasteiger partial charge in [-0.05, 0) is 61.1 Å². The number of likely N-dealkylation sites (tertiary alicyclic amines) is 1. The minimum Gasteiger partial charge on any atom is -0.382 e. The molecule has 2 atom stereocenters. The number of nitrogens with zero attached hydrogens (tertiary/aromatic N) is 3. The lowest BCUT2D eigenvalue weighted by Gasteiger charge is -2.33. The molecule has 1 aromatic rings. The fraction of sp³-hybridized carbons (Fsp3) is 0.407. The molecule has 1 N–H and O–H groups in total. The second kappa shape index (κ2) is 11.9. The van der Waals surface area contributed by atoms with E-state index in [0.717, 1.165) is 34.8 Å². The number of thiophene rings is 1. The van der Waals surface area contributed by atoms with E-state index in [4.69, 9.17) is 4.74 Å². The SMILES string of the molecule is COCC(CNC(=O)/C(C#N)=C/c1ccc(C2=CC3CC=C(N4CCCCC4)C=C3C=C2)s1)N=O. The Kier molecular flexibility index (Phi) is 8.45. The predicted molar refractivity (Wildman–Crippen MR) is 139 cm³/mol. The Balaban J connectivity index is 1.40. The predicted octanol–water partition coefficient (Wildman–Crippen LogP) is 4.82. The fourth-order valence-corrected chi connectivity index (χ4v) is 5.51. The molecule has 2 aliphatic carbocycles. The van der Waals surface area contributed by atoms with Gasteiger partial charge in [-0.15, -0.1) is 11.3 Å². The van der Waals surface area contributed by atoms with Gasteiger partial charge in [0.05, 0.1) is 6.61 Å². The highest BCUT2D eigenvalue weighted by atomic mass is 32.1. The van der Waals surface area contributed by atoms with Crippen molar-refractivity contribution in [3.63, 3.8) is 0 Å². The molecule has 2 heterocycles. The Hall–Kier alpha value is -3.28. The van der Waals surface area contributed by atoms with E-state index in [1.165, 1.54) is 37.6 Å². The number of methoxy groups -OCH3 is 1. The Morgan fingerprint density at radius 1 is 1.34 bits per heavy atom. The quantitative estimate of drug-likeness (QED) is 0.304. The first-order valence-electron chi connectivity index (χ1n) is 12.0. The Morgan fingerprint density at radius 2 is 2.17 bits per heavy atom. The monoisotopic (exact) mass is 490 g/mol. The van der Waals surface area contributed by atoms with Crippen LogP contribution in [0.15, 0.2) is 64.5 Å². The summed E-state index contributed by atoms with van der Waals surface area (Å²) in [6.45, 7) is 2.44. The van der Waals surface area contributed by atoms with Crippen LogP contribution >= 0.6 is 11.3 Å². The van der Waals surface area contributed by atoms with Crippen molar-refractivity contribution in [1.82, 2.24) is 10.2 Å². The summed E-state index contributed by atoms with van der Waals surface area (Å²) in [5.41, 5.74) is 3.87. The molecule has 0 spiro atoms. The van der Waals surface area contributed by atoms with Crippen LogP contribution in [-0.2, 0) is 9.53 Å². The fourth-order valence-electron chi connectivity index (χ4n) is 4.55. The smallest absolute Gasteiger partial charge is 0.262 e. The molecule has 0 saturated carbocycles. The highest BCUT2D eigenvalue weighted by Gasteiger charge is 2.22. The van der Waals surface area contributed by atoms with E-state index in [2.05, 4.69) is 45.8 Å². The maximum atomic E-state index is 12.4. The van der Waals surface area contributed by atoms with Gasteiger partial charge in [0.1, 0.15) is 17.7 Å². The molecule has 1 saturated heterocycles. The van der Waals surface area contributed by atoms with Crippen molar-refractivity contribution in [2.45, 2.75) is 31.7 Å². The number of nitriles is 1. The number of amides is 1. The molecule has 3 aliphatic rings. The zero-order chi connectivity index (χ0) is 24.6. The molecule has 182 valence electrons. The first-order chi connectivity index (χ1) is 17.1. The standard InChI is InChI=1S/C27H30N4O3S/c1-34-18-23(30-33)17-29-27(32)22(16-28)15-25-9-10-26(35-25)21-6-5-20-14-24(8-7-19(20)13-21)31-11-3-2-4-12-31/h5-6,8-10,13-15,19,23H,2-4,7,11-12,17-18H2,1H3,(H,29,32)/b22-15+. The molecule has 0 radical (unpaired) electrons. The maximum Gasteiger partial charge on any atom is 0.262 e. The Bertz CT molecular complexity index is 1150. The number of hydrogen-bond donors (Lipinski definition) is 1. The highest BCUT2D eigenvalue weighted by molar-refractivity contribution is 7.14. The third-order valence-electron chi connectivity index (χ3n) is 6.45. The molecule has 7 nitrogen and oxygen atoms in total. The van der Waals surface area contributed by atoms with Crippen molar-refractivity contribution in [2.24, 2.45) is 11.1 Å². The molecular weight excluding hydrogens is 460 g/mol. The second-order valence-corrected chi connectivity index (χ2v) is 10.0. The zero-order valence-electron chi connectivity index (χ0n) is 19.9. The van der Waals surface area contributed by atoms with E-state index in [-0.39, 0.29) is 18.7 Å². The topological polar surface area (TPSA) is 94.8 Å². The van der Waals surface area contributed by atoms with Crippen LogP contribution in [0.5, 0.6) is 0 Å². The summed E-state index contributed by atoms with van der Waals surface area (Å²) in [6, 6.07) is 5.20. The molecule has 35 heavy (non-hydrogen) atoms. The number of nitrogens with one attached hydrogen (secondary N) is 1. The van der Waals surface area contributed by atoms with Crippen LogP contribution in [0, 0.1) is 22.2 Å². The molecular formula is C27H30N4O3S. The summed E-state index contributed by atoms with van der Waals surface area (Å²) in [5.74, 6) is -0.159. The number of carbonyl (C=O) groups is 1. The summed E-state index contributed by atoms with van der Waals surface area (Å²) in [6.07, 6.45) is 17.9. The van der Waals surface area contributed by atoms with Crippen molar-refractivity contribution in [2.75, 3.05) is 33.4 Å². The Morgan fingerprint density at radius 3 is 2.91 bits per heavy atom. The number of ether oxygens (including phenoxy) is 1. The van der Waals surface area contributed by atoms with E-state index >= 15 is 0 Å². The lowest BCUT2D eigenvalue weighted by molar-refractivity contribution is -0.117. The minimum absolute atomic E-state index is 0.0125. The summed E-state index contributed by atoms with van der Waals surface area (Å²) in [5, 5.41) is 15.0. The van der Waals surface area contributed by atoms with Crippen molar-refractivity contribution < 1.29 is 9.53 Å². The number of nitroso groups, excluding NO2 is 1. The molecule has 8 heteroatoms. The van der Waals surface area contributed by atoms with E-state index in [1.54, 1.807) is 17.4 Å². The lowest BCUT2D eigenvalue weighted by atomic mass is 9.84. The van der Waals surface area contributed by atoms with Crippen LogP contribution in [0.1, 0.15) is 35.4 Å². The van der Waals surface area contributed by atoms with Gasteiger partial charge in [-0.1, -0.05) is 29.5 Å². The summed E-state index contributed by atoms with van der Waals surface area (Å²) >= 11 is 1.54. The molecule has 1 fully saturated rings. The molecule has 0 bridgehead atoms. The number of piperidine rings is 1. The zero-order valence-corrected chi connectivity index (χ0v) is 20.7. The van der Waals surface area contributed by atoms with E-state index in [9.17, 15) is 15.0 Å². The largest absolute Gasteiger partial charge is 0.382 e. The van der Waals surface area contributed by atoms with Gasteiger partial charge in [0.15, 0.2) is 0 Å². The minimum atomic E-state index is -0.688. The normalized spacial score (nSPS) is 20.7. The van der Waals surface area contributed by atoms with Gasteiger partial charge in [-0.3, -0.25) is 4.79 Å². The third-order valence-corrected chi connectivity index (χ3v) is 7.53. The third kappa shape index (κ3) is 6.24. The number of allylic oxidation sites excluding steroid dienone is 7. The van der Waals surface area contributed by atoms with Crippen LogP contribution in [-0.4, -0.2) is 50.2 Å². The summed E-state index contributed by atoms with van der Waals surface area (Å²) in [7, 11) is 1.46. The molecule has 1 aliphatic heterocycles. The first-order valence-corrected chi connectivity index (χ1v) is 12.8. The van der Waals surface area contributed by atoms with Crippen LogP contribution in [0.3, 0.4) is 0 Å². The van der Waals surface area contributed by atoms with Crippen molar-refractivity contribution in [3.05, 3.63) is 74.0 Å². The van der Waals surface area contributed by atoms with Crippen LogP contribution in [0.4, 0.5) is 0 Å². The van der Waals surface area contributed by atoms with Crippen LogP contribution in [0.2, 0.25) is 0 Å². The summed E-state index contributed by atoms with van der Waals surface area (Å²) < 4.78 is 4.89. The second-order valence-electron chi connectivity index (χ2n) is 8.92. The maximum absolute atomic E-state index is 12.4. The number of fused-ring (bicyclic) bond motifs is 1. The van der Waals surface area contributed by atoms with Gasteiger partial charge in [-0.25, -0.2) is 0 Å². The summed E-state index contributed by atoms with van der Waals surface area (Å²) in [4.78, 5) is 27.6. The van der Waals surface area contributed by atoms with Gasteiger partial charge in [0.2, 0.25) is 0 Å². The van der Waals surface area contributed by atoms with Crippen LogP contribution in [0.25, 0.3) is 11.6 Å². The van der Waals surface area contributed by atoms with Gasteiger partial charge < -0.3 is 15.0 Å². The van der Waals surface area contributed by atoms with Crippen molar-refractivity contribution in [1.29, 1.82) is 5.26 Å². The molecule has 1 aromatic heterocycles. The average molecular weight is 491 g/mol. The van der Waals surface area contributed by atoms with E-state index in [1.807, 2.05) is 18.2 Å². The Labute approximate surface area is 210 Å². The number of rotatable bonds is 9. The van der Waals surface area contributed by atoms with Gasteiger partial charge in [-0.2, -0.15) is 10.2 Å². The molecule has 1 amide bonds. The lowest BCUT2D eigenvalue weighted by Crippen LogP contribution is -2.33. The van der Waals surface area contributed by atoms with Crippen molar-refractivity contribution >= 4 is 28.9 Å². The number of hydrogen-bond acceptors (Lipinski definition) is 7. The first kappa shape index (κ1) is 24.8. The average Bonchev–Trinajstić information content (AvgIpc) is 3.38. The van der Waals surface area contributed by atoms with Gasteiger partial charge in [0.25, 0.3) is 5.91 Å². The number of carbonyl (C=O) groups excluding carboxylic acids is 1. The van der Waals surface area contributed by atoms with Gasteiger partial charge in [0, 0.05) is 48.1 Å². The van der Waals surface area contributed by atoms with Gasteiger partial charge >= 0.3 is 0 Å². The van der Waals surface area contributed by atoms with Crippen LogP contribution < -0.4 is 5.32 Å². The highest BCUT2D eigenvalue weighted by Crippen LogP contribution is 2.37. The molecule has 2 unspecified atom stereocenters. The van der Waals surface area contributed by atoms with Crippen molar-refractivity contribution in [3.8, 4) is 6.07 Å².